The minimum Gasteiger partial charge on any atom is -0.378 e. The number of nitrogens with one attached hydrogen (secondary N) is 1. The average Bonchev–Trinajstić information content (AvgIpc) is 1.88. The van der Waals surface area contributed by atoms with E-state index in [1.807, 2.05) is 13.8 Å². The fourth-order valence-electron chi connectivity index (χ4n) is 0.167. The Labute approximate surface area is 74.4 Å². The molecule has 0 aromatic heterocycles. The molecule has 6 nitrogen and oxygen atoms in total. The molecule has 0 rings (SSSR count). The first-order valence-electron chi connectivity index (χ1n) is 2.82. The molecule has 8 heteroatoms. The van der Waals surface area contributed by atoms with E-state index < -0.39 is 15.3 Å². The Morgan fingerprint density at radius 2 is 1.92 bits per heavy atom. The van der Waals surface area contributed by atoms with Gasteiger partial charge in [-0.3, -0.25) is 4.79 Å². The van der Waals surface area contributed by atoms with Gasteiger partial charge in [0.15, 0.2) is 0 Å². The maximum absolute atomic E-state index is 10.0. The lowest BCUT2D eigenvalue weighted by Gasteiger charge is -1.94. The van der Waals surface area contributed by atoms with E-state index in [9.17, 15) is 18.0 Å². The number of carbonyl (C=O) groups excluding carboxylic acids is 2. The van der Waals surface area contributed by atoms with Crippen molar-refractivity contribution in [2.75, 3.05) is 0 Å². The summed E-state index contributed by atoms with van der Waals surface area (Å²) >= 11 is 0. The van der Waals surface area contributed by atoms with E-state index in [1.165, 1.54) is 4.72 Å². The fourth-order valence-corrected chi connectivity index (χ4v) is 0.603. The number of amides is 1. The Morgan fingerprint density at radius 1 is 1.50 bits per heavy atom. The highest BCUT2D eigenvalue weighted by molar-refractivity contribution is 8.12. The van der Waals surface area contributed by atoms with Gasteiger partial charge in [-0.05, 0) is 0 Å². The third-order valence-corrected chi connectivity index (χ3v) is 1.00. The second-order valence-corrected chi connectivity index (χ2v) is 3.34. The first kappa shape index (κ1) is 13.7. The third kappa shape index (κ3) is 11.9. The Balaban J connectivity index is 0. The van der Waals surface area contributed by atoms with Crippen molar-refractivity contribution < 1.29 is 22.7 Å². The molecule has 0 aliphatic rings. The lowest BCUT2D eigenvalue weighted by Crippen LogP contribution is -2.26. The van der Waals surface area contributed by atoms with Gasteiger partial charge >= 0.3 is 21.8 Å². The van der Waals surface area contributed by atoms with Crippen LogP contribution >= 0.6 is 10.7 Å². The summed E-state index contributed by atoms with van der Waals surface area (Å²) < 4.78 is 24.6. The van der Waals surface area contributed by atoms with Gasteiger partial charge in [-0.1, -0.05) is 13.8 Å². The molecule has 0 unspecified atom stereocenters. The molecule has 1 N–H and O–H groups in total. The van der Waals surface area contributed by atoms with Crippen molar-refractivity contribution in [1.29, 1.82) is 0 Å². The second kappa shape index (κ2) is 6.86. The molecular weight excluding hydrogens is 210 g/mol. The topological polar surface area (TPSA) is 89.5 Å². The van der Waals surface area contributed by atoms with E-state index >= 15 is 0 Å². The van der Waals surface area contributed by atoms with Crippen molar-refractivity contribution in [3.8, 4) is 0 Å². The van der Waals surface area contributed by atoms with Gasteiger partial charge in [0, 0.05) is 10.7 Å². The Hall–Kier alpha value is -0.820. The molecule has 0 bridgehead atoms. The first-order chi connectivity index (χ1) is 5.45. The van der Waals surface area contributed by atoms with Crippen LogP contribution in [-0.2, 0) is 18.8 Å². The number of ether oxygens (including phenoxy) is 1. The number of hydrogen-bond donors (Lipinski definition) is 1. The standard InChI is InChI=1S/C2H2ClNO5S.C2H6/c3-10(7,8)4-2(6)9-1-5;1-2/h1H,(H,4,6);1-2H3. The van der Waals surface area contributed by atoms with Gasteiger partial charge in [0.05, 0.1) is 0 Å². The van der Waals surface area contributed by atoms with E-state index in [0.717, 1.165) is 0 Å². The van der Waals surface area contributed by atoms with E-state index in [1.54, 1.807) is 0 Å². The molecule has 0 radical (unpaired) electrons. The van der Waals surface area contributed by atoms with Gasteiger partial charge in [0.25, 0.3) is 0 Å². The number of carbonyl (C=O) groups is 2. The molecule has 0 spiro atoms. The highest BCUT2D eigenvalue weighted by atomic mass is 35.7. The fraction of sp³-hybridized carbons (Fsp3) is 0.500. The van der Waals surface area contributed by atoms with Gasteiger partial charge < -0.3 is 4.74 Å². The molecule has 0 aliphatic heterocycles. The zero-order valence-corrected chi connectivity index (χ0v) is 7.98. The Kier molecular flexibility index (Phi) is 7.86. The summed E-state index contributed by atoms with van der Waals surface area (Å²) in [5, 5.41) is 0. The summed E-state index contributed by atoms with van der Waals surface area (Å²) in [6.45, 7) is 3.78. The highest BCUT2D eigenvalue weighted by Gasteiger charge is 2.10. The number of hydrogen-bond acceptors (Lipinski definition) is 5. The van der Waals surface area contributed by atoms with E-state index in [0.29, 0.717) is 0 Å². The van der Waals surface area contributed by atoms with Crippen LogP contribution in [0.4, 0.5) is 4.79 Å². The predicted molar refractivity (Wildman–Crippen MR) is 41.8 cm³/mol. The van der Waals surface area contributed by atoms with Crippen LogP contribution in [0.15, 0.2) is 0 Å². The maximum atomic E-state index is 10.0. The molecule has 0 saturated carbocycles. The van der Waals surface area contributed by atoms with Crippen molar-refractivity contribution in [3.05, 3.63) is 0 Å². The van der Waals surface area contributed by atoms with Crippen LogP contribution in [0.5, 0.6) is 0 Å². The van der Waals surface area contributed by atoms with Gasteiger partial charge in [0.1, 0.15) is 0 Å². The van der Waals surface area contributed by atoms with Crippen LogP contribution in [-0.4, -0.2) is 21.0 Å². The van der Waals surface area contributed by atoms with Gasteiger partial charge in [-0.25, -0.2) is 9.52 Å². The van der Waals surface area contributed by atoms with Crippen molar-refractivity contribution in [1.82, 2.24) is 4.72 Å². The average molecular weight is 218 g/mol. The molecular formula is C4H8ClNO5S. The van der Waals surface area contributed by atoms with Crippen LogP contribution in [0.1, 0.15) is 13.8 Å². The van der Waals surface area contributed by atoms with Crippen LogP contribution in [0.25, 0.3) is 0 Å². The van der Waals surface area contributed by atoms with Crippen LogP contribution < -0.4 is 4.72 Å². The zero-order chi connectivity index (χ0) is 10.2. The molecule has 0 aromatic carbocycles. The number of rotatable bonds is 2. The van der Waals surface area contributed by atoms with E-state index in [2.05, 4.69) is 15.4 Å². The summed E-state index contributed by atoms with van der Waals surface area (Å²) in [5.74, 6) is 0. The number of halogens is 1. The molecule has 72 valence electrons. The summed E-state index contributed by atoms with van der Waals surface area (Å²) in [6.07, 6.45) is -1.44. The summed E-state index contributed by atoms with van der Waals surface area (Å²) in [4.78, 5) is 19.4. The minimum absolute atomic E-state index is 0.225. The molecule has 0 heterocycles. The van der Waals surface area contributed by atoms with Crippen LogP contribution in [0, 0.1) is 0 Å². The molecule has 0 atom stereocenters. The summed E-state index contributed by atoms with van der Waals surface area (Å²) in [5.41, 5.74) is 0. The Morgan fingerprint density at radius 3 is 2.17 bits per heavy atom. The second-order valence-electron chi connectivity index (χ2n) is 1.04. The highest BCUT2D eigenvalue weighted by Crippen LogP contribution is 1.89. The smallest absolute Gasteiger partial charge is 0.378 e. The SMILES string of the molecule is CC.O=COC(=O)NS(=O)(=O)Cl. The molecule has 12 heavy (non-hydrogen) atoms. The first-order valence-corrected chi connectivity index (χ1v) is 5.13. The lowest BCUT2D eigenvalue weighted by atomic mass is 11.0. The molecule has 0 aliphatic carbocycles. The third-order valence-electron chi connectivity index (χ3n) is 0.360. The van der Waals surface area contributed by atoms with E-state index in [-0.39, 0.29) is 6.47 Å². The largest absolute Gasteiger partial charge is 0.429 e. The predicted octanol–water partition coefficient (Wildman–Crippen LogP) is 0.379. The van der Waals surface area contributed by atoms with Crippen molar-refractivity contribution in [2.24, 2.45) is 0 Å². The van der Waals surface area contributed by atoms with Gasteiger partial charge in [-0.2, -0.15) is 8.42 Å². The van der Waals surface area contributed by atoms with Gasteiger partial charge in [0.2, 0.25) is 0 Å². The Bertz CT molecular complexity index is 236. The summed E-state index contributed by atoms with van der Waals surface area (Å²) in [7, 11) is 0.351. The molecule has 1 amide bonds. The van der Waals surface area contributed by atoms with E-state index in [4.69, 9.17) is 0 Å². The van der Waals surface area contributed by atoms with Crippen LogP contribution in [0.3, 0.4) is 0 Å². The van der Waals surface area contributed by atoms with Gasteiger partial charge in [-0.15, -0.1) is 0 Å². The molecule has 0 fully saturated rings. The normalized spacial score (nSPS) is 8.92. The van der Waals surface area contributed by atoms with Crippen molar-refractivity contribution >= 4 is 32.5 Å². The maximum Gasteiger partial charge on any atom is 0.429 e. The quantitative estimate of drug-likeness (QED) is 0.410. The molecule has 0 saturated heterocycles. The zero-order valence-electron chi connectivity index (χ0n) is 6.40. The molecule has 0 aromatic rings. The van der Waals surface area contributed by atoms with Crippen LogP contribution in [0.2, 0.25) is 0 Å². The van der Waals surface area contributed by atoms with Crippen molar-refractivity contribution in [3.63, 3.8) is 0 Å². The monoisotopic (exact) mass is 217 g/mol. The van der Waals surface area contributed by atoms with Crippen molar-refractivity contribution in [2.45, 2.75) is 13.8 Å². The summed E-state index contributed by atoms with van der Waals surface area (Å²) in [6, 6.07) is 0. The lowest BCUT2D eigenvalue weighted by molar-refractivity contribution is -0.123. The minimum atomic E-state index is -4.16.